The van der Waals surface area contributed by atoms with E-state index in [0.717, 1.165) is 52.2 Å². The third-order valence-electron chi connectivity index (χ3n) is 10.1. The molecule has 13 heteroatoms. The van der Waals surface area contributed by atoms with E-state index in [2.05, 4.69) is 39.7 Å². The van der Waals surface area contributed by atoms with E-state index in [1.807, 2.05) is 24.3 Å². The quantitative estimate of drug-likeness (QED) is 0.199. The van der Waals surface area contributed by atoms with Crippen LogP contribution in [0.2, 0.25) is 0 Å². The second kappa shape index (κ2) is 14.1. The molecule has 0 aliphatic carbocycles. The second-order valence-electron chi connectivity index (χ2n) is 13.8. The van der Waals surface area contributed by atoms with E-state index < -0.39 is 11.4 Å². The largest absolute Gasteiger partial charge is 0.457 e. The number of piperazine rings is 1. The van der Waals surface area contributed by atoms with Crippen molar-refractivity contribution >= 4 is 22.8 Å². The fourth-order valence-electron chi connectivity index (χ4n) is 7.22. The van der Waals surface area contributed by atoms with Crippen molar-refractivity contribution in [3.8, 4) is 28.8 Å². The molecule has 50 heavy (non-hydrogen) atoms. The van der Waals surface area contributed by atoms with Crippen molar-refractivity contribution < 1.29 is 18.7 Å². The number of benzene rings is 2. The number of hydrogen-bond donors (Lipinski definition) is 1. The maximum atomic E-state index is 15.6. The van der Waals surface area contributed by atoms with Crippen LogP contribution in [0.4, 0.5) is 10.2 Å². The first kappa shape index (κ1) is 33.6. The number of halogens is 1. The van der Waals surface area contributed by atoms with Crippen LogP contribution in [0.3, 0.4) is 0 Å². The summed E-state index contributed by atoms with van der Waals surface area (Å²) in [4.78, 5) is 29.0. The van der Waals surface area contributed by atoms with Gasteiger partial charge in [0.2, 0.25) is 0 Å². The van der Waals surface area contributed by atoms with Crippen LogP contribution in [-0.2, 0) is 16.1 Å². The maximum absolute atomic E-state index is 15.6. The summed E-state index contributed by atoms with van der Waals surface area (Å²) in [7, 11) is 0. The highest BCUT2D eigenvalue weighted by Gasteiger charge is 2.35. The summed E-state index contributed by atoms with van der Waals surface area (Å²) < 4.78 is 28.5. The molecule has 4 aromatic rings. The monoisotopic (exact) mass is 679 g/mol. The number of piperidine rings is 1. The standard InChI is InChI=1S/C37H42FN9O3/c1-37(2,46-15-13-44(14-16-46)27-22-49-23-27)18-26(19-39)36(48)45-12-6-7-25(20-45)21-47-35-32(34(40)41-24-42-35)33(43-47)30-11-10-29(17-31(30)38)50-28-8-4-3-5-9-28/h3-5,8-11,17-18,24-25,27H,6-7,12-16,20-23H2,1-2H3,(H2,40,41,42)/b26-18+. The van der Waals surface area contributed by atoms with Crippen LogP contribution in [0.1, 0.15) is 26.7 Å². The number of rotatable bonds is 9. The molecular weight excluding hydrogens is 637 g/mol. The van der Waals surface area contributed by atoms with Crippen molar-refractivity contribution in [2.24, 2.45) is 5.92 Å². The molecule has 5 heterocycles. The van der Waals surface area contributed by atoms with Crippen LogP contribution in [0.5, 0.6) is 11.5 Å². The predicted octanol–water partition coefficient (Wildman–Crippen LogP) is 4.49. The summed E-state index contributed by atoms with van der Waals surface area (Å²) in [6.45, 7) is 10.8. The van der Waals surface area contributed by atoms with Gasteiger partial charge in [0, 0.05) is 63.0 Å². The Morgan fingerprint density at radius 2 is 1.88 bits per heavy atom. The zero-order chi connectivity index (χ0) is 34.8. The lowest BCUT2D eigenvalue weighted by Gasteiger charge is -2.46. The number of fused-ring (bicyclic) bond motifs is 1. The molecule has 2 N–H and O–H groups in total. The number of likely N-dealkylation sites (tertiary alicyclic amines) is 1. The van der Waals surface area contributed by atoms with E-state index in [4.69, 9.17) is 20.3 Å². The lowest BCUT2D eigenvalue weighted by molar-refractivity contribution is -0.128. The molecule has 7 rings (SSSR count). The summed E-state index contributed by atoms with van der Waals surface area (Å²) >= 11 is 0. The molecule has 1 atom stereocenters. The van der Waals surface area contributed by atoms with Crippen LogP contribution in [0, 0.1) is 23.1 Å². The predicted molar refractivity (Wildman–Crippen MR) is 186 cm³/mol. The molecule has 0 saturated carbocycles. The first-order valence-electron chi connectivity index (χ1n) is 17.2. The third kappa shape index (κ3) is 6.92. The van der Waals surface area contributed by atoms with Crippen LogP contribution in [0.15, 0.2) is 66.5 Å². The molecule has 3 fully saturated rings. The molecule has 3 saturated heterocycles. The van der Waals surface area contributed by atoms with Crippen LogP contribution in [0.25, 0.3) is 22.3 Å². The second-order valence-corrected chi connectivity index (χ2v) is 13.8. The minimum Gasteiger partial charge on any atom is -0.457 e. The first-order valence-corrected chi connectivity index (χ1v) is 17.2. The number of para-hydroxylation sites is 1. The summed E-state index contributed by atoms with van der Waals surface area (Å²) in [5.74, 6) is 0.410. The van der Waals surface area contributed by atoms with E-state index in [-0.39, 0.29) is 28.8 Å². The van der Waals surface area contributed by atoms with Crippen LogP contribution >= 0.6 is 0 Å². The number of nitrogen functional groups attached to an aromatic ring is 1. The number of carbonyl (C=O) groups is 1. The van der Waals surface area contributed by atoms with Gasteiger partial charge in [-0.2, -0.15) is 10.4 Å². The van der Waals surface area contributed by atoms with E-state index in [0.29, 0.717) is 53.9 Å². The van der Waals surface area contributed by atoms with Crippen LogP contribution < -0.4 is 10.5 Å². The Kier molecular flexibility index (Phi) is 9.50. The Hall–Kier alpha value is -4.90. The number of aromatic nitrogens is 4. The van der Waals surface area contributed by atoms with E-state index in [1.54, 1.807) is 33.8 Å². The van der Waals surface area contributed by atoms with Crippen LogP contribution in [-0.4, -0.2) is 104 Å². The fourth-order valence-corrected chi connectivity index (χ4v) is 7.22. The van der Waals surface area contributed by atoms with Gasteiger partial charge < -0.3 is 20.1 Å². The SMILES string of the molecule is CC(C)(/C=C(\C#N)C(=O)N1CCCC(Cn2nc(-c3ccc(Oc4ccccc4)cc3F)c3c(N)ncnc32)C1)N1CCN(C2COC2)CC1. The fraction of sp³-hybridized carbons (Fsp3) is 0.432. The van der Waals surface area contributed by atoms with Crippen molar-refractivity contribution in [3.63, 3.8) is 0 Å². The van der Waals surface area contributed by atoms with E-state index >= 15 is 4.39 Å². The Labute approximate surface area is 290 Å². The Morgan fingerprint density at radius 3 is 2.58 bits per heavy atom. The van der Waals surface area contributed by atoms with Gasteiger partial charge in [0.15, 0.2) is 5.65 Å². The Balaban J connectivity index is 1.06. The molecule has 0 bridgehead atoms. The van der Waals surface area contributed by atoms with E-state index in [9.17, 15) is 10.1 Å². The minimum absolute atomic E-state index is 0.0304. The van der Waals surface area contributed by atoms with Gasteiger partial charge in [0.05, 0.1) is 24.6 Å². The molecular formula is C37H42FN9O3. The van der Waals surface area contributed by atoms with Crippen molar-refractivity contribution in [1.29, 1.82) is 5.26 Å². The number of nitrogens with two attached hydrogens (primary N) is 1. The average Bonchev–Trinajstić information content (AvgIpc) is 3.46. The molecule has 2 aromatic heterocycles. The molecule has 0 spiro atoms. The van der Waals surface area contributed by atoms with Crippen molar-refractivity contribution in [3.05, 3.63) is 72.3 Å². The number of ether oxygens (including phenoxy) is 2. The molecule has 3 aliphatic heterocycles. The smallest absolute Gasteiger partial charge is 0.264 e. The Bertz CT molecular complexity index is 1930. The molecule has 1 unspecified atom stereocenters. The van der Waals surface area contributed by atoms with Crippen molar-refractivity contribution in [1.82, 2.24) is 34.4 Å². The van der Waals surface area contributed by atoms with Crippen molar-refractivity contribution in [2.45, 2.75) is 44.8 Å². The number of carbonyl (C=O) groups excluding carboxylic acids is 1. The topological polar surface area (TPSA) is 139 Å². The highest BCUT2D eigenvalue weighted by Crippen LogP contribution is 2.35. The lowest BCUT2D eigenvalue weighted by Crippen LogP contribution is -2.59. The van der Waals surface area contributed by atoms with Gasteiger partial charge in [-0.1, -0.05) is 18.2 Å². The molecule has 3 aliphatic rings. The molecule has 1 amide bonds. The van der Waals surface area contributed by atoms with Gasteiger partial charge in [-0.05, 0) is 62.9 Å². The number of nitriles is 1. The third-order valence-corrected chi connectivity index (χ3v) is 10.1. The highest BCUT2D eigenvalue weighted by atomic mass is 19.1. The number of hydrogen-bond acceptors (Lipinski definition) is 10. The van der Waals surface area contributed by atoms with Gasteiger partial charge in [0.1, 0.15) is 46.8 Å². The summed E-state index contributed by atoms with van der Waals surface area (Å²) in [6.07, 6.45) is 4.84. The normalized spacial score (nSPS) is 19.7. The minimum atomic E-state index is -0.517. The first-order chi connectivity index (χ1) is 24.2. The molecule has 2 aromatic carbocycles. The summed E-state index contributed by atoms with van der Waals surface area (Å²) in [6, 6.07) is 16.5. The zero-order valence-electron chi connectivity index (χ0n) is 28.5. The van der Waals surface area contributed by atoms with Crippen molar-refractivity contribution in [2.75, 3.05) is 58.2 Å². The maximum Gasteiger partial charge on any atom is 0.264 e. The molecule has 0 radical (unpaired) electrons. The molecule has 260 valence electrons. The summed E-state index contributed by atoms with van der Waals surface area (Å²) in [5.41, 5.74) is 7.10. The average molecular weight is 680 g/mol. The Morgan fingerprint density at radius 1 is 1.10 bits per heavy atom. The van der Waals surface area contributed by atoms with Gasteiger partial charge in [-0.25, -0.2) is 19.0 Å². The number of nitrogens with zero attached hydrogens (tertiary/aromatic N) is 8. The van der Waals surface area contributed by atoms with Gasteiger partial charge in [-0.3, -0.25) is 14.6 Å². The van der Waals surface area contributed by atoms with E-state index in [1.165, 1.54) is 12.4 Å². The zero-order valence-corrected chi connectivity index (χ0v) is 28.5. The number of anilines is 1. The van der Waals surface area contributed by atoms with Gasteiger partial charge in [0.25, 0.3) is 5.91 Å². The summed E-state index contributed by atoms with van der Waals surface area (Å²) in [5, 5.41) is 15.4. The number of amides is 1. The van der Waals surface area contributed by atoms with Gasteiger partial charge >= 0.3 is 0 Å². The highest BCUT2D eigenvalue weighted by molar-refractivity contribution is 5.98. The van der Waals surface area contributed by atoms with Gasteiger partial charge in [-0.15, -0.1) is 0 Å². The molecule has 12 nitrogen and oxygen atoms in total. The lowest BCUT2D eigenvalue weighted by atomic mass is 9.95.